The Labute approximate surface area is 117 Å². The second-order valence-corrected chi connectivity index (χ2v) is 5.12. The molecular formula is C13H18N6O. The molecule has 7 nitrogen and oxygen atoms in total. The Morgan fingerprint density at radius 2 is 2.25 bits per heavy atom. The van der Waals surface area contributed by atoms with Gasteiger partial charge in [-0.05, 0) is 7.05 Å². The Hall–Kier alpha value is -2.15. The summed E-state index contributed by atoms with van der Waals surface area (Å²) < 4.78 is 3.85. The van der Waals surface area contributed by atoms with Crippen LogP contribution in [0, 0.1) is 0 Å². The molecule has 1 amide bonds. The van der Waals surface area contributed by atoms with E-state index in [1.165, 1.54) is 0 Å². The number of imidazole rings is 2. The summed E-state index contributed by atoms with van der Waals surface area (Å²) in [5, 5.41) is 2.85. The average molecular weight is 274 g/mol. The minimum Gasteiger partial charge on any atom is -0.344 e. The summed E-state index contributed by atoms with van der Waals surface area (Å²) >= 11 is 0. The fraction of sp³-hybridized carbons (Fsp3) is 0.462. The third kappa shape index (κ3) is 2.44. The Balaban J connectivity index is 1.65. The lowest BCUT2D eigenvalue weighted by atomic mass is 10.4. The van der Waals surface area contributed by atoms with Gasteiger partial charge in [0.15, 0.2) is 5.82 Å². The molecule has 0 saturated carbocycles. The van der Waals surface area contributed by atoms with Crippen LogP contribution in [0.15, 0.2) is 18.6 Å². The fourth-order valence-electron chi connectivity index (χ4n) is 2.35. The number of rotatable bonds is 3. The molecule has 0 atom stereocenters. The van der Waals surface area contributed by atoms with Gasteiger partial charge < -0.3 is 14.5 Å². The predicted molar refractivity (Wildman–Crippen MR) is 72.9 cm³/mol. The molecule has 20 heavy (non-hydrogen) atoms. The number of nitrogens with zero attached hydrogens (tertiary/aromatic N) is 5. The number of carbonyl (C=O) groups excluding carboxylic acids is 1. The molecule has 0 saturated heterocycles. The van der Waals surface area contributed by atoms with Crippen LogP contribution in [0.2, 0.25) is 0 Å². The van der Waals surface area contributed by atoms with Crippen LogP contribution in [0.25, 0.3) is 0 Å². The zero-order valence-electron chi connectivity index (χ0n) is 11.7. The van der Waals surface area contributed by atoms with Gasteiger partial charge in [0.2, 0.25) is 0 Å². The first-order chi connectivity index (χ1) is 9.63. The monoisotopic (exact) mass is 274 g/mol. The molecular weight excluding hydrogens is 256 g/mol. The first-order valence-corrected chi connectivity index (χ1v) is 6.62. The molecule has 0 spiro atoms. The number of aromatic nitrogens is 4. The first-order valence-electron chi connectivity index (χ1n) is 6.62. The minimum absolute atomic E-state index is 0.180. The van der Waals surface area contributed by atoms with E-state index in [9.17, 15) is 4.79 Å². The Morgan fingerprint density at radius 3 is 3.00 bits per heavy atom. The second-order valence-electron chi connectivity index (χ2n) is 5.12. The van der Waals surface area contributed by atoms with E-state index < -0.39 is 0 Å². The van der Waals surface area contributed by atoms with Crippen molar-refractivity contribution in [2.75, 3.05) is 13.6 Å². The van der Waals surface area contributed by atoms with Crippen LogP contribution in [-0.4, -0.2) is 43.5 Å². The van der Waals surface area contributed by atoms with Gasteiger partial charge in [0.25, 0.3) is 5.91 Å². The molecule has 3 heterocycles. The number of aryl methyl sites for hydroxylation is 1. The van der Waals surface area contributed by atoms with Gasteiger partial charge >= 0.3 is 0 Å². The van der Waals surface area contributed by atoms with Crippen LogP contribution >= 0.6 is 0 Å². The number of carbonyl (C=O) groups is 1. The molecule has 0 aromatic carbocycles. The highest BCUT2D eigenvalue weighted by Crippen LogP contribution is 2.11. The third-order valence-electron chi connectivity index (χ3n) is 3.50. The van der Waals surface area contributed by atoms with Crippen LogP contribution in [0.3, 0.4) is 0 Å². The standard InChI is InChI=1S/C13H18N6O/c1-17-5-6-19-8-10(16-11(19)9-17)7-15-13(20)12-14-3-4-18(12)2/h3-4,8H,5-7,9H2,1-2H3,(H,15,20). The van der Waals surface area contributed by atoms with Crippen LogP contribution in [0.4, 0.5) is 0 Å². The molecule has 0 fully saturated rings. The first kappa shape index (κ1) is 12.9. The van der Waals surface area contributed by atoms with E-state index in [1.54, 1.807) is 24.0 Å². The number of nitrogens with one attached hydrogen (secondary N) is 1. The minimum atomic E-state index is -0.180. The molecule has 2 aromatic heterocycles. The number of fused-ring (bicyclic) bond motifs is 1. The lowest BCUT2D eigenvalue weighted by Gasteiger charge is -2.22. The summed E-state index contributed by atoms with van der Waals surface area (Å²) in [4.78, 5) is 22.8. The molecule has 0 aliphatic carbocycles. The molecule has 3 rings (SSSR count). The molecule has 7 heteroatoms. The molecule has 106 valence electrons. The van der Waals surface area contributed by atoms with Gasteiger partial charge in [-0.25, -0.2) is 9.97 Å². The lowest BCUT2D eigenvalue weighted by Crippen LogP contribution is -2.30. The maximum Gasteiger partial charge on any atom is 0.287 e. The fourth-order valence-corrected chi connectivity index (χ4v) is 2.35. The van der Waals surface area contributed by atoms with E-state index in [-0.39, 0.29) is 5.91 Å². The van der Waals surface area contributed by atoms with Gasteiger partial charge in [-0.15, -0.1) is 0 Å². The summed E-state index contributed by atoms with van der Waals surface area (Å²) in [5.41, 5.74) is 0.887. The van der Waals surface area contributed by atoms with Crippen molar-refractivity contribution < 1.29 is 4.79 Å². The van der Waals surface area contributed by atoms with E-state index >= 15 is 0 Å². The third-order valence-corrected chi connectivity index (χ3v) is 3.50. The zero-order valence-corrected chi connectivity index (χ0v) is 11.7. The highest BCUT2D eigenvalue weighted by atomic mass is 16.2. The molecule has 2 aromatic rings. The zero-order chi connectivity index (χ0) is 14.1. The number of amides is 1. The van der Waals surface area contributed by atoms with Gasteiger partial charge in [-0.3, -0.25) is 9.69 Å². The van der Waals surface area contributed by atoms with E-state index in [2.05, 4.69) is 31.8 Å². The molecule has 0 unspecified atom stereocenters. The van der Waals surface area contributed by atoms with Crippen LogP contribution in [0.1, 0.15) is 22.1 Å². The van der Waals surface area contributed by atoms with E-state index in [1.807, 2.05) is 6.20 Å². The van der Waals surface area contributed by atoms with Gasteiger partial charge in [-0.1, -0.05) is 0 Å². The van der Waals surface area contributed by atoms with E-state index in [0.717, 1.165) is 31.2 Å². The van der Waals surface area contributed by atoms with E-state index in [0.29, 0.717) is 12.4 Å². The second kappa shape index (κ2) is 5.09. The Morgan fingerprint density at radius 1 is 1.40 bits per heavy atom. The smallest absolute Gasteiger partial charge is 0.287 e. The maximum absolute atomic E-state index is 12.0. The van der Waals surface area contributed by atoms with Crippen LogP contribution < -0.4 is 5.32 Å². The number of likely N-dealkylation sites (N-methyl/N-ethyl adjacent to an activating group) is 1. The maximum atomic E-state index is 12.0. The molecule has 0 radical (unpaired) electrons. The van der Waals surface area contributed by atoms with Crippen LogP contribution in [0.5, 0.6) is 0 Å². The number of hydrogen-bond acceptors (Lipinski definition) is 4. The van der Waals surface area contributed by atoms with Crippen molar-refractivity contribution in [2.24, 2.45) is 7.05 Å². The summed E-state index contributed by atoms with van der Waals surface area (Å²) in [7, 11) is 3.88. The predicted octanol–water partition coefficient (Wildman–Crippen LogP) is -0.00800. The van der Waals surface area contributed by atoms with Gasteiger partial charge in [-0.2, -0.15) is 0 Å². The van der Waals surface area contributed by atoms with Crippen molar-refractivity contribution >= 4 is 5.91 Å². The molecule has 1 N–H and O–H groups in total. The van der Waals surface area contributed by atoms with Crippen molar-refractivity contribution in [2.45, 2.75) is 19.6 Å². The van der Waals surface area contributed by atoms with Gasteiger partial charge in [0.05, 0.1) is 18.8 Å². The lowest BCUT2D eigenvalue weighted by molar-refractivity contribution is 0.0937. The van der Waals surface area contributed by atoms with Crippen molar-refractivity contribution in [1.82, 2.24) is 29.3 Å². The summed E-state index contributed by atoms with van der Waals surface area (Å²) in [6.07, 6.45) is 5.38. The topological polar surface area (TPSA) is 68.0 Å². The molecule has 1 aliphatic heterocycles. The SMILES string of the molecule is CN1CCn2cc(CNC(=O)c3nccn3C)nc2C1. The van der Waals surface area contributed by atoms with Crippen molar-refractivity contribution in [3.05, 3.63) is 35.9 Å². The summed E-state index contributed by atoms with van der Waals surface area (Å²) in [6, 6.07) is 0. The Bertz CT molecular complexity index is 629. The van der Waals surface area contributed by atoms with Crippen LogP contribution in [-0.2, 0) is 26.7 Å². The average Bonchev–Trinajstić information content (AvgIpc) is 3.01. The van der Waals surface area contributed by atoms with E-state index in [4.69, 9.17) is 0 Å². The van der Waals surface area contributed by atoms with Crippen molar-refractivity contribution in [3.8, 4) is 0 Å². The summed E-state index contributed by atoms with van der Waals surface area (Å²) in [5.74, 6) is 1.29. The largest absolute Gasteiger partial charge is 0.344 e. The van der Waals surface area contributed by atoms with Crippen molar-refractivity contribution in [3.63, 3.8) is 0 Å². The molecule has 1 aliphatic rings. The van der Waals surface area contributed by atoms with Crippen molar-refractivity contribution in [1.29, 1.82) is 0 Å². The van der Waals surface area contributed by atoms with Gasteiger partial charge in [0, 0.05) is 38.7 Å². The summed E-state index contributed by atoms with van der Waals surface area (Å²) in [6.45, 7) is 3.26. The quantitative estimate of drug-likeness (QED) is 0.855. The number of hydrogen-bond donors (Lipinski definition) is 1. The normalized spacial score (nSPS) is 15.1. The van der Waals surface area contributed by atoms with Gasteiger partial charge in [0.1, 0.15) is 5.82 Å². The highest BCUT2D eigenvalue weighted by Gasteiger charge is 2.16. The molecule has 0 bridgehead atoms. The highest BCUT2D eigenvalue weighted by molar-refractivity contribution is 5.90. The Kier molecular flexibility index (Phi) is 3.27.